The first-order valence-electron chi connectivity index (χ1n) is 6.77. The lowest BCUT2D eigenvalue weighted by Gasteiger charge is -2.11. The maximum Gasteiger partial charge on any atom is 0.253 e. The number of fused-ring (bicyclic) bond motifs is 1. The highest BCUT2D eigenvalue weighted by molar-refractivity contribution is 7.99. The summed E-state index contributed by atoms with van der Waals surface area (Å²) in [6, 6.07) is 3.73. The van der Waals surface area contributed by atoms with Crippen molar-refractivity contribution in [1.29, 1.82) is 0 Å². The summed E-state index contributed by atoms with van der Waals surface area (Å²) < 4.78 is 3.34. The van der Waals surface area contributed by atoms with Crippen molar-refractivity contribution in [2.24, 2.45) is 0 Å². The summed E-state index contributed by atoms with van der Waals surface area (Å²) in [4.78, 5) is 20.3. The Morgan fingerprint density at radius 3 is 3.05 bits per heavy atom. The van der Waals surface area contributed by atoms with Gasteiger partial charge in [0.1, 0.15) is 5.82 Å². The molecule has 1 N–H and O–H groups in total. The van der Waals surface area contributed by atoms with Gasteiger partial charge in [0.15, 0.2) is 0 Å². The van der Waals surface area contributed by atoms with Gasteiger partial charge in [-0.05, 0) is 19.9 Å². The van der Waals surface area contributed by atoms with E-state index >= 15 is 0 Å². The molecule has 22 heavy (non-hydrogen) atoms. The molecule has 0 radical (unpaired) electrons. The lowest BCUT2D eigenvalue weighted by molar-refractivity contribution is -0.113. The number of hydrogen-bond donors (Lipinski definition) is 1. The zero-order valence-corrected chi connectivity index (χ0v) is 13.0. The molecule has 0 aliphatic heterocycles. The van der Waals surface area contributed by atoms with E-state index in [2.05, 4.69) is 25.5 Å². The van der Waals surface area contributed by atoms with E-state index in [1.165, 1.54) is 11.8 Å². The van der Waals surface area contributed by atoms with Gasteiger partial charge in [-0.3, -0.25) is 4.79 Å². The van der Waals surface area contributed by atoms with Crippen LogP contribution >= 0.6 is 11.8 Å². The first-order valence-corrected chi connectivity index (χ1v) is 7.75. The monoisotopic (exact) mass is 317 g/mol. The fraction of sp³-hybridized carbons (Fsp3) is 0.308. The molecule has 114 valence electrons. The Kier molecular flexibility index (Phi) is 4.05. The van der Waals surface area contributed by atoms with Crippen LogP contribution in [0.1, 0.15) is 19.9 Å². The van der Waals surface area contributed by atoms with E-state index in [-0.39, 0.29) is 17.7 Å². The van der Waals surface area contributed by atoms with Gasteiger partial charge in [-0.15, -0.1) is 5.10 Å². The smallest absolute Gasteiger partial charge is 0.253 e. The minimum absolute atomic E-state index is 0.126. The minimum atomic E-state index is -0.126. The van der Waals surface area contributed by atoms with Crippen LogP contribution in [0.2, 0.25) is 0 Å². The lowest BCUT2D eigenvalue weighted by atomic mass is 10.4. The maximum atomic E-state index is 12.0. The zero-order valence-electron chi connectivity index (χ0n) is 12.2. The molecule has 3 heterocycles. The number of amides is 1. The number of nitrogens with one attached hydrogen (secondary N) is 1. The van der Waals surface area contributed by atoms with Gasteiger partial charge in [0.05, 0.1) is 11.9 Å². The van der Waals surface area contributed by atoms with Gasteiger partial charge in [-0.2, -0.15) is 10.1 Å². The van der Waals surface area contributed by atoms with Crippen molar-refractivity contribution in [3.05, 3.63) is 30.7 Å². The topological polar surface area (TPSA) is 90.0 Å². The summed E-state index contributed by atoms with van der Waals surface area (Å²) in [5.41, 5.74) is 0. The second-order valence-corrected chi connectivity index (χ2v) is 5.79. The van der Waals surface area contributed by atoms with Gasteiger partial charge in [-0.25, -0.2) is 14.2 Å². The Labute approximate surface area is 131 Å². The Bertz CT molecular complexity index is 761. The van der Waals surface area contributed by atoms with E-state index < -0.39 is 0 Å². The van der Waals surface area contributed by atoms with Gasteiger partial charge in [0, 0.05) is 24.5 Å². The molecule has 0 fully saturated rings. The van der Waals surface area contributed by atoms with Crippen LogP contribution in [0.3, 0.4) is 0 Å². The summed E-state index contributed by atoms with van der Waals surface area (Å²) in [5, 5.41) is 11.8. The number of aromatic nitrogens is 6. The van der Waals surface area contributed by atoms with Crippen molar-refractivity contribution < 1.29 is 4.79 Å². The molecule has 0 spiro atoms. The molecule has 0 atom stereocenters. The molecule has 3 rings (SSSR count). The number of rotatable bonds is 5. The van der Waals surface area contributed by atoms with Crippen molar-refractivity contribution in [3.63, 3.8) is 0 Å². The van der Waals surface area contributed by atoms with Crippen LogP contribution in [0, 0.1) is 0 Å². The van der Waals surface area contributed by atoms with Gasteiger partial charge < -0.3 is 5.32 Å². The van der Waals surface area contributed by atoms with Crippen molar-refractivity contribution in [1.82, 2.24) is 29.4 Å². The third-order valence-electron chi connectivity index (χ3n) is 2.86. The molecule has 1 amide bonds. The predicted molar refractivity (Wildman–Crippen MR) is 82.7 cm³/mol. The number of nitrogens with zero attached hydrogens (tertiary/aromatic N) is 6. The van der Waals surface area contributed by atoms with E-state index in [9.17, 15) is 4.79 Å². The number of anilines is 1. The molecular weight excluding hydrogens is 302 g/mol. The molecule has 0 aromatic carbocycles. The number of carbonyl (C=O) groups is 1. The Hall–Kier alpha value is -2.42. The number of hydrogen-bond acceptors (Lipinski definition) is 6. The van der Waals surface area contributed by atoms with Gasteiger partial charge in [0.2, 0.25) is 11.1 Å². The quantitative estimate of drug-likeness (QED) is 0.719. The van der Waals surface area contributed by atoms with Crippen molar-refractivity contribution in [2.45, 2.75) is 25.0 Å². The molecule has 3 aromatic heterocycles. The normalized spacial score (nSPS) is 11.2. The van der Waals surface area contributed by atoms with Crippen LogP contribution < -0.4 is 5.32 Å². The summed E-state index contributed by atoms with van der Waals surface area (Å²) in [6.07, 6.45) is 5.08. The number of thioether (sulfide) groups is 1. The third-order valence-corrected chi connectivity index (χ3v) is 3.69. The van der Waals surface area contributed by atoms with Crippen molar-refractivity contribution in [3.8, 4) is 0 Å². The summed E-state index contributed by atoms with van der Waals surface area (Å²) in [5.74, 6) is 1.30. The molecule has 0 saturated heterocycles. The molecule has 0 bridgehead atoms. The van der Waals surface area contributed by atoms with E-state index in [0.29, 0.717) is 16.8 Å². The molecule has 3 aromatic rings. The molecule has 0 aliphatic carbocycles. The van der Waals surface area contributed by atoms with E-state index in [4.69, 9.17) is 0 Å². The zero-order chi connectivity index (χ0) is 15.5. The van der Waals surface area contributed by atoms with Crippen LogP contribution in [0.4, 0.5) is 5.82 Å². The lowest BCUT2D eigenvalue weighted by Crippen LogP contribution is -2.18. The molecule has 0 unspecified atom stereocenters. The summed E-state index contributed by atoms with van der Waals surface area (Å²) in [7, 11) is 0. The van der Waals surface area contributed by atoms with Crippen LogP contribution in [-0.2, 0) is 4.79 Å². The highest BCUT2D eigenvalue weighted by atomic mass is 32.2. The fourth-order valence-electron chi connectivity index (χ4n) is 1.91. The van der Waals surface area contributed by atoms with Crippen molar-refractivity contribution >= 4 is 29.3 Å². The van der Waals surface area contributed by atoms with Gasteiger partial charge in [-0.1, -0.05) is 11.8 Å². The maximum absolute atomic E-state index is 12.0. The van der Waals surface area contributed by atoms with E-state index in [1.807, 2.05) is 13.8 Å². The highest BCUT2D eigenvalue weighted by Gasteiger charge is 2.11. The van der Waals surface area contributed by atoms with Crippen LogP contribution in [0.15, 0.2) is 35.9 Å². The average Bonchev–Trinajstić information content (AvgIpc) is 3.10. The molecule has 0 aliphatic rings. The average molecular weight is 317 g/mol. The van der Waals surface area contributed by atoms with E-state index in [1.54, 1.807) is 39.9 Å². The first kappa shape index (κ1) is 14.5. The minimum Gasteiger partial charge on any atom is -0.310 e. The fourth-order valence-corrected chi connectivity index (χ4v) is 2.53. The Morgan fingerprint density at radius 1 is 1.41 bits per heavy atom. The largest absolute Gasteiger partial charge is 0.310 e. The Balaban J connectivity index is 1.61. The molecule has 8 nitrogen and oxygen atoms in total. The summed E-state index contributed by atoms with van der Waals surface area (Å²) in [6.45, 7) is 4.01. The Morgan fingerprint density at radius 2 is 2.27 bits per heavy atom. The standard InChI is InChI=1S/C13H15N7OS/c1-9(2)20-10(4-6-15-20)16-11(21)8-22-13-17-12-14-5-3-7-19(12)18-13/h3-7,9H,8H2,1-2H3,(H,16,21). The van der Waals surface area contributed by atoms with Gasteiger partial charge >= 0.3 is 0 Å². The number of carbonyl (C=O) groups excluding carboxylic acids is 1. The predicted octanol–water partition coefficient (Wildman–Crippen LogP) is 1.63. The van der Waals surface area contributed by atoms with Crippen LogP contribution in [-0.4, -0.2) is 41.0 Å². The first-order chi connectivity index (χ1) is 10.6. The molecule has 9 heteroatoms. The molecule has 0 saturated carbocycles. The highest BCUT2D eigenvalue weighted by Crippen LogP contribution is 2.16. The third kappa shape index (κ3) is 3.08. The second-order valence-electron chi connectivity index (χ2n) is 4.85. The second kappa shape index (κ2) is 6.14. The SMILES string of the molecule is CC(C)n1nccc1NC(=O)CSc1nc2ncccn2n1. The van der Waals surface area contributed by atoms with Crippen molar-refractivity contribution in [2.75, 3.05) is 11.1 Å². The van der Waals surface area contributed by atoms with E-state index in [0.717, 1.165) is 0 Å². The molecular formula is C13H15N7OS. The summed E-state index contributed by atoms with van der Waals surface area (Å²) >= 11 is 1.27. The van der Waals surface area contributed by atoms with Gasteiger partial charge in [0.25, 0.3) is 5.78 Å². The van der Waals surface area contributed by atoms with Crippen LogP contribution in [0.25, 0.3) is 5.78 Å². The van der Waals surface area contributed by atoms with Crippen LogP contribution in [0.5, 0.6) is 0 Å².